The van der Waals surface area contributed by atoms with Gasteiger partial charge in [0, 0.05) is 17.1 Å². The Morgan fingerprint density at radius 2 is 1.59 bits per heavy atom. The molecule has 0 saturated carbocycles. The van der Waals surface area contributed by atoms with Crippen molar-refractivity contribution in [2.24, 2.45) is 0 Å². The largest absolute Gasteiger partial charge is 0.480 e. The van der Waals surface area contributed by atoms with Gasteiger partial charge in [0.05, 0.1) is 0 Å². The molecule has 114 valence electrons. The summed E-state index contributed by atoms with van der Waals surface area (Å²) in [5, 5.41) is 11.8. The molecule has 0 saturated heterocycles. The number of thioether (sulfide) groups is 1. The van der Waals surface area contributed by atoms with Crippen LogP contribution in [0.1, 0.15) is 15.9 Å². The maximum atomic E-state index is 12.0. The van der Waals surface area contributed by atoms with E-state index in [0.717, 1.165) is 5.56 Å². The van der Waals surface area contributed by atoms with Crippen LogP contribution in [0.2, 0.25) is 0 Å². The monoisotopic (exact) mass is 315 g/mol. The Labute approximate surface area is 133 Å². The number of rotatable bonds is 7. The second-order valence-electron chi connectivity index (χ2n) is 4.73. The predicted molar refractivity (Wildman–Crippen MR) is 87.9 cm³/mol. The molecular weight excluding hydrogens is 298 g/mol. The maximum absolute atomic E-state index is 12.0. The third-order valence-corrected chi connectivity index (χ3v) is 4.14. The van der Waals surface area contributed by atoms with Crippen LogP contribution in [0.25, 0.3) is 0 Å². The van der Waals surface area contributed by atoms with Crippen LogP contribution in [-0.4, -0.2) is 28.8 Å². The molecule has 5 heteroatoms. The Morgan fingerprint density at radius 3 is 2.18 bits per heavy atom. The lowest BCUT2D eigenvalue weighted by Gasteiger charge is -2.14. The first kappa shape index (κ1) is 16.1. The van der Waals surface area contributed by atoms with Crippen molar-refractivity contribution in [2.75, 3.05) is 5.75 Å². The summed E-state index contributed by atoms with van der Waals surface area (Å²) in [6.07, 6.45) is 0. The van der Waals surface area contributed by atoms with Crippen LogP contribution >= 0.6 is 11.8 Å². The molecule has 2 aromatic rings. The van der Waals surface area contributed by atoms with Crippen molar-refractivity contribution in [1.29, 1.82) is 0 Å². The topological polar surface area (TPSA) is 66.4 Å². The average molecular weight is 315 g/mol. The SMILES string of the molecule is O=C(N[C@H](CSCc1ccccc1)C(=O)O)c1ccccc1. The lowest BCUT2D eigenvalue weighted by Crippen LogP contribution is -2.42. The van der Waals surface area contributed by atoms with Gasteiger partial charge in [0.25, 0.3) is 5.91 Å². The van der Waals surface area contributed by atoms with Crippen LogP contribution in [0, 0.1) is 0 Å². The van der Waals surface area contributed by atoms with Crippen LogP contribution < -0.4 is 5.32 Å². The average Bonchev–Trinajstić information content (AvgIpc) is 2.55. The first-order valence-electron chi connectivity index (χ1n) is 6.87. The Hall–Kier alpha value is -2.27. The molecule has 0 spiro atoms. The van der Waals surface area contributed by atoms with Crippen molar-refractivity contribution in [3.63, 3.8) is 0 Å². The van der Waals surface area contributed by atoms with Crippen LogP contribution in [0.5, 0.6) is 0 Å². The Morgan fingerprint density at radius 1 is 1.00 bits per heavy atom. The van der Waals surface area contributed by atoms with Crippen LogP contribution in [-0.2, 0) is 10.5 Å². The summed E-state index contributed by atoms with van der Waals surface area (Å²) in [6, 6.07) is 17.5. The normalized spacial score (nSPS) is 11.6. The quantitative estimate of drug-likeness (QED) is 0.824. The molecule has 0 aliphatic heterocycles. The minimum atomic E-state index is -1.02. The summed E-state index contributed by atoms with van der Waals surface area (Å²) in [7, 11) is 0. The second kappa shape index (κ2) is 8.24. The van der Waals surface area contributed by atoms with Crippen molar-refractivity contribution in [2.45, 2.75) is 11.8 Å². The second-order valence-corrected chi connectivity index (χ2v) is 5.76. The third kappa shape index (κ3) is 4.93. The molecule has 0 unspecified atom stereocenters. The van der Waals surface area contributed by atoms with Gasteiger partial charge in [0.2, 0.25) is 0 Å². The van der Waals surface area contributed by atoms with Crippen molar-refractivity contribution >= 4 is 23.6 Å². The standard InChI is InChI=1S/C17H17NO3S/c19-16(14-9-5-2-6-10-14)18-15(17(20)21)12-22-11-13-7-3-1-4-8-13/h1-10,15H,11-12H2,(H,18,19)(H,20,21)/t15-/m1/s1. The maximum Gasteiger partial charge on any atom is 0.327 e. The molecule has 0 aromatic heterocycles. The molecule has 22 heavy (non-hydrogen) atoms. The number of benzene rings is 2. The molecule has 4 nitrogen and oxygen atoms in total. The Balaban J connectivity index is 1.87. The number of amides is 1. The minimum absolute atomic E-state index is 0.322. The van der Waals surface area contributed by atoms with Crippen LogP contribution in [0.4, 0.5) is 0 Å². The van der Waals surface area contributed by atoms with Gasteiger partial charge in [0.1, 0.15) is 6.04 Å². The van der Waals surface area contributed by atoms with E-state index >= 15 is 0 Å². The van der Waals surface area contributed by atoms with Crippen LogP contribution in [0.15, 0.2) is 60.7 Å². The highest BCUT2D eigenvalue weighted by Gasteiger charge is 2.20. The number of carboxylic acids is 1. The van der Waals surface area contributed by atoms with E-state index in [1.54, 1.807) is 30.3 Å². The van der Waals surface area contributed by atoms with Crippen molar-refractivity contribution in [1.82, 2.24) is 5.32 Å². The Kier molecular flexibility index (Phi) is 6.03. The number of aliphatic carboxylic acids is 1. The molecule has 2 aromatic carbocycles. The number of nitrogens with one attached hydrogen (secondary N) is 1. The molecule has 1 amide bonds. The zero-order valence-corrected chi connectivity index (χ0v) is 12.8. The summed E-state index contributed by atoms with van der Waals surface area (Å²) in [4.78, 5) is 23.3. The smallest absolute Gasteiger partial charge is 0.327 e. The fraction of sp³-hybridized carbons (Fsp3) is 0.176. The van der Waals surface area contributed by atoms with Gasteiger partial charge in [-0.25, -0.2) is 4.79 Å². The number of carboxylic acid groups (broad SMARTS) is 1. The van der Waals surface area contributed by atoms with Gasteiger partial charge >= 0.3 is 5.97 Å². The van der Waals surface area contributed by atoms with Gasteiger partial charge in [0.15, 0.2) is 0 Å². The summed E-state index contributed by atoms with van der Waals surface area (Å²) in [5.74, 6) is -0.354. The molecule has 0 aliphatic rings. The summed E-state index contributed by atoms with van der Waals surface area (Å²) in [6.45, 7) is 0. The van der Waals surface area contributed by atoms with E-state index in [4.69, 9.17) is 0 Å². The zero-order valence-electron chi connectivity index (χ0n) is 11.9. The first-order valence-corrected chi connectivity index (χ1v) is 8.02. The lowest BCUT2D eigenvalue weighted by atomic mass is 10.2. The summed E-state index contributed by atoms with van der Waals surface area (Å²) < 4.78 is 0. The van der Waals surface area contributed by atoms with E-state index in [1.165, 1.54) is 11.8 Å². The number of carbonyl (C=O) groups is 2. The minimum Gasteiger partial charge on any atom is -0.480 e. The Bertz CT molecular complexity index is 616. The van der Waals surface area contributed by atoms with Crippen molar-refractivity contribution in [3.05, 3.63) is 71.8 Å². The van der Waals surface area contributed by atoms with Crippen LogP contribution in [0.3, 0.4) is 0 Å². The lowest BCUT2D eigenvalue weighted by molar-refractivity contribution is -0.138. The number of carbonyl (C=O) groups excluding carboxylic acids is 1. The summed E-state index contributed by atoms with van der Waals surface area (Å²) >= 11 is 1.48. The molecule has 0 aliphatic carbocycles. The number of hydrogen-bond donors (Lipinski definition) is 2. The molecule has 0 fully saturated rings. The van der Waals surface area contributed by atoms with Gasteiger partial charge in [-0.15, -0.1) is 0 Å². The molecule has 0 bridgehead atoms. The van der Waals surface area contributed by atoms with E-state index in [0.29, 0.717) is 17.1 Å². The highest BCUT2D eigenvalue weighted by Crippen LogP contribution is 2.13. The van der Waals surface area contributed by atoms with E-state index in [-0.39, 0.29) is 5.91 Å². The van der Waals surface area contributed by atoms with Crippen molar-refractivity contribution < 1.29 is 14.7 Å². The van der Waals surface area contributed by atoms with E-state index in [9.17, 15) is 14.7 Å². The fourth-order valence-electron chi connectivity index (χ4n) is 1.87. The highest BCUT2D eigenvalue weighted by molar-refractivity contribution is 7.98. The third-order valence-electron chi connectivity index (χ3n) is 3.04. The molecule has 2 N–H and O–H groups in total. The van der Waals surface area contributed by atoms with Gasteiger partial charge in [-0.2, -0.15) is 11.8 Å². The molecule has 1 atom stereocenters. The van der Waals surface area contributed by atoms with E-state index in [2.05, 4.69) is 5.32 Å². The molecular formula is C17H17NO3S. The van der Waals surface area contributed by atoms with Gasteiger partial charge in [-0.1, -0.05) is 48.5 Å². The van der Waals surface area contributed by atoms with E-state index < -0.39 is 12.0 Å². The van der Waals surface area contributed by atoms with Gasteiger partial charge < -0.3 is 10.4 Å². The fourth-order valence-corrected chi connectivity index (χ4v) is 2.88. The predicted octanol–water partition coefficient (Wildman–Crippen LogP) is 2.80. The van der Waals surface area contributed by atoms with Gasteiger partial charge in [-0.05, 0) is 17.7 Å². The van der Waals surface area contributed by atoms with E-state index in [1.807, 2.05) is 30.3 Å². The molecule has 2 rings (SSSR count). The summed E-state index contributed by atoms with van der Waals surface area (Å²) in [5.41, 5.74) is 1.59. The highest BCUT2D eigenvalue weighted by atomic mass is 32.2. The van der Waals surface area contributed by atoms with Crippen molar-refractivity contribution in [3.8, 4) is 0 Å². The molecule has 0 radical (unpaired) electrons. The van der Waals surface area contributed by atoms with Gasteiger partial charge in [-0.3, -0.25) is 4.79 Å². The first-order chi connectivity index (χ1) is 10.7. The zero-order chi connectivity index (χ0) is 15.8. The number of hydrogen-bond acceptors (Lipinski definition) is 3. The molecule has 0 heterocycles.